The predicted octanol–water partition coefficient (Wildman–Crippen LogP) is -2.27. The third-order valence-electron chi connectivity index (χ3n) is 1.10. The molecule has 0 saturated heterocycles. The van der Waals surface area contributed by atoms with Crippen LogP contribution in [0.15, 0.2) is 29.2 Å². The summed E-state index contributed by atoms with van der Waals surface area (Å²) in [6.45, 7) is 0. The Kier molecular flexibility index (Phi) is 5.58. The standard InChI is InChI=1S/C6H5FO3S.Cs/c7-5-1-3-6(4-2-5)11(8,9)10;/h1-4H,(H,8,9,10);/q;+1/p-1. The topological polar surface area (TPSA) is 57.2 Å². The van der Waals surface area contributed by atoms with Gasteiger partial charge in [0.05, 0.1) is 4.90 Å². The average Bonchev–Trinajstić information content (AvgIpc) is 1.86. The normalized spacial score (nSPS) is 10.5. The Morgan fingerprint density at radius 1 is 1.17 bits per heavy atom. The zero-order valence-electron chi connectivity index (χ0n) is 6.32. The molecule has 12 heavy (non-hydrogen) atoms. The fourth-order valence-electron chi connectivity index (χ4n) is 0.601. The van der Waals surface area contributed by atoms with Gasteiger partial charge in [0.2, 0.25) is 0 Å². The maximum Gasteiger partial charge on any atom is 1.00 e. The van der Waals surface area contributed by atoms with Gasteiger partial charge in [-0.15, -0.1) is 0 Å². The fraction of sp³-hybridized carbons (Fsp3) is 0. The SMILES string of the molecule is O=S(=O)([O-])c1ccc(F)cc1.[Cs+]. The van der Waals surface area contributed by atoms with Gasteiger partial charge in [0.1, 0.15) is 15.9 Å². The van der Waals surface area contributed by atoms with Crippen molar-refractivity contribution in [3.63, 3.8) is 0 Å². The Labute approximate surface area is 129 Å². The van der Waals surface area contributed by atoms with Crippen molar-refractivity contribution in [2.24, 2.45) is 0 Å². The van der Waals surface area contributed by atoms with Gasteiger partial charge in [-0.1, -0.05) is 0 Å². The summed E-state index contributed by atoms with van der Waals surface area (Å²) in [6.07, 6.45) is 0. The van der Waals surface area contributed by atoms with Crippen molar-refractivity contribution in [2.45, 2.75) is 4.90 Å². The summed E-state index contributed by atoms with van der Waals surface area (Å²) in [5.74, 6) is -0.572. The monoisotopic (exact) mass is 308 g/mol. The number of rotatable bonds is 1. The van der Waals surface area contributed by atoms with Gasteiger partial charge in [0.25, 0.3) is 0 Å². The average molecular weight is 308 g/mol. The minimum absolute atomic E-state index is 0. The van der Waals surface area contributed by atoms with E-state index in [2.05, 4.69) is 0 Å². The van der Waals surface area contributed by atoms with Gasteiger partial charge in [0, 0.05) is 0 Å². The van der Waals surface area contributed by atoms with Crippen LogP contribution in [-0.2, 0) is 10.1 Å². The molecule has 0 aromatic heterocycles. The molecule has 0 saturated carbocycles. The quantitative estimate of drug-likeness (QED) is 0.550. The van der Waals surface area contributed by atoms with E-state index in [4.69, 9.17) is 0 Å². The van der Waals surface area contributed by atoms with E-state index in [1.54, 1.807) is 0 Å². The number of hydrogen-bond acceptors (Lipinski definition) is 3. The molecule has 0 atom stereocenters. The number of hydrogen-bond donors (Lipinski definition) is 0. The van der Waals surface area contributed by atoms with Crippen LogP contribution < -0.4 is 68.9 Å². The molecule has 0 heterocycles. The van der Waals surface area contributed by atoms with Crippen LogP contribution in [0.5, 0.6) is 0 Å². The van der Waals surface area contributed by atoms with Crippen molar-refractivity contribution in [3.8, 4) is 0 Å². The summed E-state index contributed by atoms with van der Waals surface area (Å²) in [7, 11) is -4.44. The molecule has 0 amide bonds. The van der Waals surface area contributed by atoms with Gasteiger partial charge < -0.3 is 4.55 Å². The first kappa shape index (κ1) is 13.1. The molecule has 0 N–H and O–H groups in total. The predicted molar refractivity (Wildman–Crippen MR) is 34.4 cm³/mol. The van der Waals surface area contributed by atoms with Crippen LogP contribution in [0.4, 0.5) is 4.39 Å². The molecule has 0 spiro atoms. The zero-order chi connectivity index (χ0) is 8.48. The third kappa shape index (κ3) is 3.88. The molecule has 1 aromatic carbocycles. The van der Waals surface area contributed by atoms with Gasteiger partial charge in [-0.3, -0.25) is 0 Å². The summed E-state index contributed by atoms with van der Waals surface area (Å²) in [5, 5.41) is 0. The molecule has 60 valence electrons. The maximum atomic E-state index is 12.2. The van der Waals surface area contributed by atoms with Crippen LogP contribution >= 0.6 is 0 Å². The van der Waals surface area contributed by atoms with E-state index in [9.17, 15) is 17.4 Å². The number of halogens is 1. The Hall–Kier alpha value is 1.11. The van der Waals surface area contributed by atoms with Crippen LogP contribution in [0.2, 0.25) is 0 Å². The van der Waals surface area contributed by atoms with Gasteiger partial charge >= 0.3 is 68.9 Å². The Bertz CT molecular complexity index is 346. The van der Waals surface area contributed by atoms with Crippen LogP contribution in [-0.4, -0.2) is 13.0 Å². The molecule has 0 aliphatic rings. The van der Waals surface area contributed by atoms with Crippen molar-refractivity contribution < 1.29 is 86.3 Å². The molecule has 0 fully saturated rings. The van der Waals surface area contributed by atoms with Crippen molar-refractivity contribution in [2.75, 3.05) is 0 Å². The van der Waals surface area contributed by atoms with Gasteiger partial charge in [-0.2, -0.15) is 0 Å². The first-order chi connectivity index (χ1) is 5.00. The second-order valence-corrected chi connectivity index (χ2v) is 3.29. The van der Waals surface area contributed by atoms with E-state index < -0.39 is 20.8 Å². The molecule has 3 nitrogen and oxygen atoms in total. The molecular weight excluding hydrogens is 304 g/mol. The second-order valence-electron chi connectivity index (χ2n) is 1.91. The minimum Gasteiger partial charge on any atom is -0.744 e. The van der Waals surface area contributed by atoms with Crippen LogP contribution in [0.1, 0.15) is 0 Å². The molecule has 0 aliphatic heterocycles. The summed E-state index contributed by atoms with van der Waals surface area (Å²) < 4.78 is 43.0. The van der Waals surface area contributed by atoms with E-state index in [-0.39, 0.29) is 68.9 Å². The smallest absolute Gasteiger partial charge is 0.744 e. The molecule has 1 rings (SSSR count). The molecule has 0 radical (unpaired) electrons. The summed E-state index contributed by atoms with van der Waals surface area (Å²) >= 11 is 0. The van der Waals surface area contributed by atoms with Crippen LogP contribution in [0.25, 0.3) is 0 Å². The maximum absolute atomic E-state index is 12.2. The van der Waals surface area contributed by atoms with Gasteiger partial charge in [-0.25, -0.2) is 12.8 Å². The van der Waals surface area contributed by atoms with Crippen molar-refractivity contribution in [1.82, 2.24) is 0 Å². The Balaban J connectivity index is 0.00000121. The number of benzene rings is 1. The minimum atomic E-state index is -4.44. The molecular formula is C6H4CsFO3S. The second kappa shape index (κ2) is 5.11. The van der Waals surface area contributed by atoms with E-state index >= 15 is 0 Å². The van der Waals surface area contributed by atoms with Crippen LogP contribution in [0, 0.1) is 5.82 Å². The summed E-state index contributed by atoms with van der Waals surface area (Å²) in [5.41, 5.74) is 0. The third-order valence-corrected chi connectivity index (χ3v) is 1.95. The van der Waals surface area contributed by atoms with Gasteiger partial charge in [-0.05, 0) is 24.3 Å². The Morgan fingerprint density at radius 3 is 1.92 bits per heavy atom. The zero-order valence-corrected chi connectivity index (χ0v) is 13.4. The Morgan fingerprint density at radius 2 is 1.58 bits per heavy atom. The summed E-state index contributed by atoms with van der Waals surface area (Å²) in [4.78, 5) is -0.418. The van der Waals surface area contributed by atoms with E-state index in [1.807, 2.05) is 0 Å². The fourth-order valence-corrected chi connectivity index (χ4v) is 1.07. The van der Waals surface area contributed by atoms with E-state index in [1.165, 1.54) is 0 Å². The van der Waals surface area contributed by atoms with Crippen molar-refractivity contribution >= 4 is 10.1 Å². The largest absolute Gasteiger partial charge is 1.00 e. The first-order valence-electron chi connectivity index (χ1n) is 2.71. The molecule has 0 unspecified atom stereocenters. The van der Waals surface area contributed by atoms with E-state index in [0.29, 0.717) is 0 Å². The van der Waals surface area contributed by atoms with Gasteiger partial charge in [0.15, 0.2) is 0 Å². The van der Waals surface area contributed by atoms with Crippen molar-refractivity contribution in [3.05, 3.63) is 30.1 Å². The molecule has 0 aliphatic carbocycles. The first-order valence-corrected chi connectivity index (χ1v) is 4.12. The molecule has 1 aromatic rings. The van der Waals surface area contributed by atoms with E-state index in [0.717, 1.165) is 24.3 Å². The van der Waals surface area contributed by atoms with Crippen LogP contribution in [0.3, 0.4) is 0 Å². The summed E-state index contributed by atoms with van der Waals surface area (Å²) in [6, 6.07) is 3.70. The van der Waals surface area contributed by atoms with Crippen molar-refractivity contribution in [1.29, 1.82) is 0 Å². The molecule has 6 heteroatoms. The molecule has 0 bridgehead atoms.